The lowest BCUT2D eigenvalue weighted by Crippen LogP contribution is -2.41. The monoisotopic (exact) mass is 405 g/mol. The predicted molar refractivity (Wildman–Crippen MR) is 112 cm³/mol. The molecule has 1 aliphatic heterocycles. The number of nitrogens with zero attached hydrogens (tertiary/aromatic N) is 3. The molecule has 0 bridgehead atoms. The number of likely N-dealkylation sites (N-methyl/N-ethyl adjacent to an activating group) is 1. The van der Waals surface area contributed by atoms with Crippen LogP contribution in [0.5, 0.6) is 0 Å². The van der Waals surface area contributed by atoms with Gasteiger partial charge < -0.3 is 15.6 Å². The Morgan fingerprint density at radius 3 is 2.63 bits per heavy atom. The summed E-state index contributed by atoms with van der Waals surface area (Å²) in [6.45, 7) is 9.91. The Kier molecular flexibility index (Phi) is 5.72. The maximum absolute atomic E-state index is 13.3. The van der Waals surface area contributed by atoms with Gasteiger partial charge in [-0.1, -0.05) is 48.1 Å². The molecular formula is C20H24ClN3O2S. The van der Waals surface area contributed by atoms with Crippen LogP contribution in [0, 0.1) is 12.1 Å². The first-order valence-electron chi connectivity index (χ1n) is 9.00. The van der Waals surface area contributed by atoms with Crippen LogP contribution in [-0.2, 0) is 6.54 Å². The van der Waals surface area contributed by atoms with Crippen molar-refractivity contribution < 1.29 is 10.3 Å². The summed E-state index contributed by atoms with van der Waals surface area (Å²) in [5.74, 6) is 0. The topological polar surface area (TPSA) is 66.6 Å². The zero-order chi connectivity index (χ0) is 18.4. The minimum absolute atomic E-state index is 0. The van der Waals surface area contributed by atoms with Crippen molar-refractivity contribution in [1.29, 1.82) is 0 Å². The average Bonchev–Trinajstić information content (AvgIpc) is 2.92. The number of aromatic nitrogens is 2. The molecule has 2 aromatic carbocycles. The van der Waals surface area contributed by atoms with E-state index in [9.17, 15) is 5.21 Å². The second-order valence-corrected chi connectivity index (χ2v) is 8.11. The van der Waals surface area contributed by atoms with Gasteiger partial charge in [0.1, 0.15) is 5.52 Å². The fourth-order valence-corrected chi connectivity index (χ4v) is 5.00. The number of fused-ring (bicyclic) bond motifs is 2. The molecule has 0 amide bonds. The molecule has 0 fully saturated rings. The Balaban J connectivity index is 0.00000210. The third-order valence-electron chi connectivity index (χ3n) is 5.19. The third-order valence-corrected chi connectivity index (χ3v) is 6.73. The van der Waals surface area contributed by atoms with E-state index >= 15 is 0 Å². The van der Waals surface area contributed by atoms with Gasteiger partial charge in [-0.2, -0.15) is 0 Å². The second-order valence-electron chi connectivity index (χ2n) is 6.62. The molecular weight excluding hydrogens is 382 g/mol. The summed E-state index contributed by atoms with van der Waals surface area (Å²) in [6.07, 6.45) is 0. The molecule has 2 N–H and O–H groups in total. The maximum Gasteiger partial charge on any atom is 0.261 e. The van der Waals surface area contributed by atoms with Crippen molar-refractivity contribution in [2.75, 3.05) is 19.6 Å². The van der Waals surface area contributed by atoms with Crippen molar-refractivity contribution in [3.63, 3.8) is 0 Å². The minimum Gasteiger partial charge on any atom is -0.595 e. The van der Waals surface area contributed by atoms with E-state index < -0.39 is 0 Å². The maximum atomic E-state index is 13.3. The van der Waals surface area contributed by atoms with Crippen LogP contribution in [0.15, 0.2) is 40.1 Å². The fourth-order valence-electron chi connectivity index (χ4n) is 3.68. The van der Waals surface area contributed by atoms with E-state index in [1.807, 2.05) is 22.9 Å². The van der Waals surface area contributed by atoms with Crippen LogP contribution in [-0.4, -0.2) is 34.7 Å². The molecule has 0 aliphatic carbocycles. The Morgan fingerprint density at radius 2 is 1.93 bits per heavy atom. The standard InChI is InChI=1S/C20H22ClN3OS.H2O/c1-4-22(5-2)10-11-23-16-8-6-13(3)20-18(16)19(24(23)25)15-12-14(21)7-9-17(15)26-20;/h6-9,12H,4-5,10-11H2,1-3H3;1H2. The van der Waals surface area contributed by atoms with E-state index in [2.05, 4.69) is 37.8 Å². The molecule has 0 saturated carbocycles. The average molecular weight is 406 g/mol. The highest BCUT2D eigenvalue weighted by Gasteiger charge is 2.32. The number of halogens is 1. The second kappa shape index (κ2) is 7.72. The summed E-state index contributed by atoms with van der Waals surface area (Å²) < 4.78 is 1.86. The highest BCUT2D eigenvalue weighted by Crippen LogP contribution is 2.48. The molecule has 0 unspecified atom stereocenters. The molecule has 1 aliphatic rings. The molecule has 144 valence electrons. The highest BCUT2D eigenvalue weighted by molar-refractivity contribution is 7.99. The fraction of sp³-hybridized carbons (Fsp3) is 0.350. The summed E-state index contributed by atoms with van der Waals surface area (Å²) in [4.78, 5) is 5.67. The van der Waals surface area contributed by atoms with Gasteiger partial charge in [0.25, 0.3) is 5.69 Å². The summed E-state index contributed by atoms with van der Waals surface area (Å²) >= 11 is 7.97. The predicted octanol–water partition coefficient (Wildman–Crippen LogP) is 3.89. The van der Waals surface area contributed by atoms with E-state index in [-0.39, 0.29) is 5.48 Å². The molecule has 4 rings (SSSR count). The molecule has 1 aromatic heterocycles. The zero-order valence-corrected chi connectivity index (χ0v) is 17.3. The van der Waals surface area contributed by atoms with Crippen molar-refractivity contribution in [2.45, 2.75) is 37.1 Å². The molecule has 0 atom stereocenters. The number of hydrogen-bond donors (Lipinski definition) is 0. The van der Waals surface area contributed by atoms with Gasteiger partial charge in [-0.3, -0.25) is 0 Å². The molecule has 3 aromatic rings. The van der Waals surface area contributed by atoms with Gasteiger partial charge in [0.15, 0.2) is 0 Å². The van der Waals surface area contributed by atoms with Crippen LogP contribution in [0.25, 0.3) is 22.2 Å². The van der Waals surface area contributed by atoms with Crippen molar-refractivity contribution in [1.82, 2.24) is 9.58 Å². The van der Waals surface area contributed by atoms with E-state index in [1.165, 1.54) is 10.5 Å². The van der Waals surface area contributed by atoms with Crippen LogP contribution >= 0.6 is 23.4 Å². The highest BCUT2D eigenvalue weighted by atomic mass is 35.5. The van der Waals surface area contributed by atoms with Crippen LogP contribution in [0.2, 0.25) is 5.02 Å². The first-order chi connectivity index (χ1) is 12.5. The zero-order valence-electron chi connectivity index (χ0n) is 15.8. The quantitative estimate of drug-likeness (QED) is 0.373. The molecule has 2 heterocycles. The molecule has 0 spiro atoms. The molecule has 27 heavy (non-hydrogen) atoms. The van der Waals surface area contributed by atoms with Crippen molar-refractivity contribution >= 4 is 34.3 Å². The van der Waals surface area contributed by atoms with Gasteiger partial charge in [0, 0.05) is 21.4 Å². The van der Waals surface area contributed by atoms with Gasteiger partial charge in [0.05, 0.1) is 17.5 Å². The first-order valence-corrected chi connectivity index (χ1v) is 10.2. The van der Waals surface area contributed by atoms with Crippen LogP contribution in [0.3, 0.4) is 0 Å². The van der Waals surface area contributed by atoms with Gasteiger partial charge in [-0.25, -0.2) is 0 Å². The van der Waals surface area contributed by atoms with Gasteiger partial charge in [0.2, 0.25) is 0 Å². The van der Waals surface area contributed by atoms with Gasteiger partial charge in [-0.05, 0) is 49.8 Å². The number of aryl methyl sites for hydroxylation is 1. The Morgan fingerprint density at radius 1 is 1.19 bits per heavy atom. The molecule has 0 radical (unpaired) electrons. The van der Waals surface area contributed by atoms with Gasteiger partial charge in [-0.15, -0.1) is 4.68 Å². The number of rotatable bonds is 5. The normalized spacial score (nSPS) is 12.3. The Bertz CT molecular complexity index is 999. The van der Waals surface area contributed by atoms with Crippen LogP contribution < -0.4 is 4.85 Å². The lowest BCUT2D eigenvalue weighted by Gasteiger charge is -2.17. The Hall–Kier alpha value is -1.73. The summed E-state index contributed by atoms with van der Waals surface area (Å²) in [7, 11) is 0. The minimum atomic E-state index is 0. The lowest BCUT2D eigenvalue weighted by atomic mass is 10.0. The SMILES string of the molecule is CCN(CC)CCn1c2ccc(C)c3c2c([n+]1[O-])-c1cc(Cl)ccc1S3.O. The largest absolute Gasteiger partial charge is 0.595 e. The van der Waals surface area contributed by atoms with Crippen molar-refractivity contribution in [3.8, 4) is 11.3 Å². The lowest BCUT2D eigenvalue weighted by molar-refractivity contribution is -0.681. The first kappa shape index (κ1) is 20.0. The van der Waals surface area contributed by atoms with Crippen molar-refractivity contribution in [2.24, 2.45) is 0 Å². The molecule has 7 heteroatoms. The summed E-state index contributed by atoms with van der Waals surface area (Å²) in [6, 6.07) is 10.00. The Labute approximate surface area is 168 Å². The van der Waals surface area contributed by atoms with E-state index in [0.29, 0.717) is 11.6 Å². The molecule has 5 nitrogen and oxygen atoms in total. The van der Waals surface area contributed by atoms with Crippen LogP contribution in [0.4, 0.5) is 0 Å². The van der Waals surface area contributed by atoms with E-state index in [0.717, 1.165) is 51.5 Å². The van der Waals surface area contributed by atoms with E-state index in [1.54, 1.807) is 11.8 Å². The number of benzene rings is 2. The smallest absolute Gasteiger partial charge is 0.261 e. The summed E-state index contributed by atoms with van der Waals surface area (Å²) in [5.41, 5.74) is 3.86. The van der Waals surface area contributed by atoms with Gasteiger partial charge >= 0.3 is 0 Å². The van der Waals surface area contributed by atoms with E-state index in [4.69, 9.17) is 11.6 Å². The third kappa shape index (κ3) is 3.21. The molecule has 0 saturated heterocycles. The summed E-state index contributed by atoms with van der Waals surface area (Å²) in [5, 5.41) is 15.0. The van der Waals surface area contributed by atoms with Crippen molar-refractivity contribution in [3.05, 3.63) is 46.1 Å². The number of hydrogen-bond acceptors (Lipinski definition) is 3. The van der Waals surface area contributed by atoms with Crippen LogP contribution in [0.1, 0.15) is 19.4 Å².